The van der Waals surface area contributed by atoms with Gasteiger partial charge in [-0.05, 0) is 6.42 Å². The highest BCUT2D eigenvalue weighted by molar-refractivity contribution is 5.73. The van der Waals surface area contributed by atoms with Gasteiger partial charge in [-0.1, -0.05) is 6.92 Å². The van der Waals surface area contributed by atoms with Crippen LogP contribution >= 0.6 is 0 Å². The molecule has 0 aromatic carbocycles. The monoisotopic (exact) mass is 156 g/mol. The molecule has 1 N–H and O–H groups in total. The largest absolute Gasteiger partial charge is 0.340 e. The van der Waals surface area contributed by atoms with Crippen LogP contribution in [0.5, 0.6) is 0 Å². The van der Waals surface area contributed by atoms with Gasteiger partial charge >= 0.3 is 0 Å². The average Bonchev–Trinajstić information content (AvgIpc) is 2.05. The fourth-order valence-electron chi connectivity index (χ4n) is 1.38. The molecule has 1 saturated heterocycles. The van der Waals surface area contributed by atoms with Crippen molar-refractivity contribution in [1.82, 2.24) is 10.2 Å². The molecule has 0 aromatic heterocycles. The molecule has 0 spiro atoms. The van der Waals surface area contributed by atoms with Gasteiger partial charge in [-0.15, -0.1) is 0 Å². The van der Waals surface area contributed by atoms with E-state index in [1.54, 1.807) is 6.92 Å². The molecule has 1 heterocycles. The molecule has 64 valence electrons. The summed E-state index contributed by atoms with van der Waals surface area (Å²) in [5, 5.41) is 3.36. The van der Waals surface area contributed by atoms with E-state index in [0.717, 1.165) is 26.1 Å². The first kappa shape index (κ1) is 8.53. The summed E-state index contributed by atoms with van der Waals surface area (Å²) in [7, 11) is 0. The number of rotatable bonds is 1. The summed E-state index contributed by atoms with van der Waals surface area (Å²) < 4.78 is 0. The van der Waals surface area contributed by atoms with Gasteiger partial charge in [0, 0.05) is 32.6 Å². The van der Waals surface area contributed by atoms with Crippen LogP contribution in [0, 0.1) is 0 Å². The first-order chi connectivity index (χ1) is 5.24. The van der Waals surface area contributed by atoms with E-state index in [9.17, 15) is 4.79 Å². The zero-order valence-corrected chi connectivity index (χ0v) is 7.26. The van der Waals surface area contributed by atoms with Gasteiger partial charge < -0.3 is 10.2 Å². The van der Waals surface area contributed by atoms with Crippen LogP contribution in [-0.2, 0) is 4.79 Å². The van der Waals surface area contributed by atoms with Crippen LogP contribution in [0.25, 0.3) is 0 Å². The zero-order chi connectivity index (χ0) is 8.27. The predicted molar refractivity (Wildman–Crippen MR) is 44.3 cm³/mol. The van der Waals surface area contributed by atoms with Gasteiger partial charge in [0.05, 0.1) is 0 Å². The topological polar surface area (TPSA) is 32.3 Å². The molecular formula is C8H16N2O. The van der Waals surface area contributed by atoms with Crippen LogP contribution in [-0.4, -0.2) is 36.5 Å². The van der Waals surface area contributed by atoms with E-state index in [0.29, 0.717) is 6.04 Å². The lowest BCUT2D eigenvalue weighted by Crippen LogP contribution is -2.51. The van der Waals surface area contributed by atoms with E-state index in [4.69, 9.17) is 0 Å². The number of nitrogens with zero attached hydrogens (tertiary/aromatic N) is 1. The van der Waals surface area contributed by atoms with Crippen molar-refractivity contribution < 1.29 is 4.79 Å². The second kappa shape index (κ2) is 3.72. The van der Waals surface area contributed by atoms with E-state index in [2.05, 4.69) is 12.2 Å². The molecule has 3 nitrogen and oxygen atoms in total. The summed E-state index contributed by atoms with van der Waals surface area (Å²) in [4.78, 5) is 12.9. The standard InChI is InChI=1S/C8H16N2O/c1-3-8-6-10(7(2)11)5-4-9-8/h8-9H,3-6H2,1-2H3/t8-/m0/s1. The molecule has 1 aliphatic heterocycles. The minimum Gasteiger partial charge on any atom is -0.340 e. The molecule has 3 heteroatoms. The minimum atomic E-state index is 0.199. The summed E-state index contributed by atoms with van der Waals surface area (Å²) in [6.45, 7) is 6.47. The van der Waals surface area contributed by atoms with Crippen LogP contribution in [0.4, 0.5) is 0 Å². The van der Waals surface area contributed by atoms with Crippen molar-refractivity contribution in [3.63, 3.8) is 0 Å². The lowest BCUT2D eigenvalue weighted by atomic mass is 10.1. The third kappa shape index (κ3) is 2.19. The maximum absolute atomic E-state index is 11.0. The fraction of sp³-hybridized carbons (Fsp3) is 0.875. The van der Waals surface area contributed by atoms with Crippen molar-refractivity contribution in [3.05, 3.63) is 0 Å². The molecule has 0 unspecified atom stereocenters. The zero-order valence-electron chi connectivity index (χ0n) is 7.26. The van der Waals surface area contributed by atoms with Crippen LogP contribution in [0.2, 0.25) is 0 Å². The molecule has 1 rings (SSSR count). The Morgan fingerprint density at radius 2 is 2.45 bits per heavy atom. The molecule has 0 aromatic rings. The molecule has 1 amide bonds. The lowest BCUT2D eigenvalue weighted by molar-refractivity contribution is -0.130. The van der Waals surface area contributed by atoms with Crippen molar-refractivity contribution in [2.45, 2.75) is 26.3 Å². The van der Waals surface area contributed by atoms with Crippen LogP contribution in [0.15, 0.2) is 0 Å². The normalized spacial score (nSPS) is 25.3. The molecule has 0 bridgehead atoms. The first-order valence-corrected chi connectivity index (χ1v) is 4.23. The second-order valence-electron chi connectivity index (χ2n) is 3.02. The van der Waals surface area contributed by atoms with Crippen molar-refractivity contribution in [3.8, 4) is 0 Å². The summed E-state index contributed by atoms with van der Waals surface area (Å²) in [5.41, 5.74) is 0. The molecule has 11 heavy (non-hydrogen) atoms. The predicted octanol–water partition coefficient (Wildman–Crippen LogP) is 0.217. The van der Waals surface area contributed by atoms with Gasteiger partial charge in [-0.2, -0.15) is 0 Å². The van der Waals surface area contributed by atoms with Gasteiger partial charge in [0.25, 0.3) is 0 Å². The highest BCUT2D eigenvalue weighted by Gasteiger charge is 2.18. The number of carbonyl (C=O) groups is 1. The Hall–Kier alpha value is -0.570. The van der Waals surface area contributed by atoms with Gasteiger partial charge in [0.2, 0.25) is 5.91 Å². The molecule has 1 fully saturated rings. The number of hydrogen-bond acceptors (Lipinski definition) is 2. The van der Waals surface area contributed by atoms with E-state index < -0.39 is 0 Å². The number of hydrogen-bond donors (Lipinski definition) is 1. The highest BCUT2D eigenvalue weighted by atomic mass is 16.2. The number of carbonyl (C=O) groups excluding carboxylic acids is 1. The first-order valence-electron chi connectivity index (χ1n) is 4.23. The fourth-order valence-corrected chi connectivity index (χ4v) is 1.38. The highest BCUT2D eigenvalue weighted by Crippen LogP contribution is 2.01. The third-order valence-electron chi connectivity index (χ3n) is 2.19. The van der Waals surface area contributed by atoms with Crippen molar-refractivity contribution >= 4 is 5.91 Å². The molecular weight excluding hydrogens is 140 g/mol. The Morgan fingerprint density at radius 1 is 1.73 bits per heavy atom. The Labute approximate surface area is 67.8 Å². The van der Waals surface area contributed by atoms with Crippen molar-refractivity contribution in [2.24, 2.45) is 0 Å². The number of nitrogens with one attached hydrogen (secondary N) is 1. The molecule has 0 saturated carbocycles. The molecule has 1 atom stereocenters. The van der Waals surface area contributed by atoms with Gasteiger partial charge in [-0.25, -0.2) is 0 Å². The van der Waals surface area contributed by atoms with E-state index >= 15 is 0 Å². The summed E-state index contributed by atoms with van der Waals surface area (Å²) >= 11 is 0. The SMILES string of the molecule is CC[C@H]1CN(C(C)=O)CCN1. The number of amides is 1. The quantitative estimate of drug-likeness (QED) is 0.589. The summed E-state index contributed by atoms with van der Waals surface area (Å²) in [5.74, 6) is 0.199. The average molecular weight is 156 g/mol. The molecule has 1 aliphatic rings. The Balaban J connectivity index is 2.39. The Bertz CT molecular complexity index is 147. The van der Waals surface area contributed by atoms with E-state index in [1.807, 2.05) is 4.90 Å². The maximum atomic E-state index is 11.0. The Kier molecular flexibility index (Phi) is 2.88. The van der Waals surface area contributed by atoms with Gasteiger partial charge in [0.15, 0.2) is 0 Å². The Morgan fingerprint density at radius 3 is 3.00 bits per heavy atom. The summed E-state index contributed by atoms with van der Waals surface area (Å²) in [6.07, 6.45) is 1.10. The molecule has 0 aliphatic carbocycles. The lowest BCUT2D eigenvalue weighted by Gasteiger charge is -2.32. The van der Waals surface area contributed by atoms with Gasteiger partial charge in [-0.3, -0.25) is 4.79 Å². The van der Waals surface area contributed by atoms with Crippen LogP contribution in [0.3, 0.4) is 0 Å². The summed E-state index contributed by atoms with van der Waals surface area (Å²) in [6, 6.07) is 0.507. The smallest absolute Gasteiger partial charge is 0.219 e. The molecule has 0 radical (unpaired) electrons. The third-order valence-corrected chi connectivity index (χ3v) is 2.19. The minimum absolute atomic E-state index is 0.199. The van der Waals surface area contributed by atoms with Crippen molar-refractivity contribution in [2.75, 3.05) is 19.6 Å². The van der Waals surface area contributed by atoms with Crippen LogP contribution < -0.4 is 5.32 Å². The second-order valence-corrected chi connectivity index (χ2v) is 3.02. The number of piperazine rings is 1. The van der Waals surface area contributed by atoms with Crippen LogP contribution in [0.1, 0.15) is 20.3 Å². The van der Waals surface area contributed by atoms with E-state index in [1.165, 1.54) is 0 Å². The van der Waals surface area contributed by atoms with Gasteiger partial charge in [0.1, 0.15) is 0 Å². The maximum Gasteiger partial charge on any atom is 0.219 e. The van der Waals surface area contributed by atoms with E-state index in [-0.39, 0.29) is 5.91 Å². The van der Waals surface area contributed by atoms with Crippen molar-refractivity contribution in [1.29, 1.82) is 0 Å².